The second-order valence-corrected chi connectivity index (χ2v) is 5.31. The van der Waals surface area contributed by atoms with Gasteiger partial charge >= 0.3 is 0 Å². The molecule has 4 nitrogen and oxygen atoms in total. The highest BCUT2D eigenvalue weighted by Gasteiger charge is 2.27. The number of methoxy groups -OCH3 is 1. The second kappa shape index (κ2) is 4.39. The van der Waals surface area contributed by atoms with Crippen LogP contribution in [0.5, 0.6) is 0 Å². The average Bonchev–Trinajstić information content (AvgIpc) is 2.50. The maximum Gasteiger partial charge on any atom is 0.211 e. The van der Waals surface area contributed by atoms with Gasteiger partial charge in [0, 0.05) is 7.11 Å². The highest BCUT2D eigenvalue weighted by atomic mass is 32.2. The predicted molar refractivity (Wildman–Crippen MR) is 50.7 cm³/mol. The van der Waals surface area contributed by atoms with Crippen LogP contribution < -0.4 is 5.14 Å². The van der Waals surface area contributed by atoms with Gasteiger partial charge in [-0.3, -0.25) is 0 Å². The van der Waals surface area contributed by atoms with Crippen molar-refractivity contribution in [2.24, 2.45) is 11.1 Å². The largest absolute Gasteiger partial charge is 0.380 e. The zero-order chi connectivity index (χ0) is 9.90. The molecule has 0 aliphatic heterocycles. The van der Waals surface area contributed by atoms with Crippen LogP contribution in [0.3, 0.4) is 0 Å². The maximum absolute atomic E-state index is 10.9. The fourth-order valence-electron chi connectivity index (χ4n) is 1.95. The molecule has 1 saturated carbocycles. The Balaban J connectivity index is 2.51. The van der Waals surface area contributed by atoms with Crippen molar-refractivity contribution < 1.29 is 13.2 Å². The number of ether oxygens (including phenoxy) is 1. The smallest absolute Gasteiger partial charge is 0.211 e. The van der Waals surface area contributed by atoms with Crippen LogP contribution in [-0.2, 0) is 14.8 Å². The van der Waals surface area contributed by atoms with Gasteiger partial charge in [-0.25, -0.2) is 13.6 Å². The third-order valence-corrected chi connectivity index (χ3v) is 3.42. The summed E-state index contributed by atoms with van der Waals surface area (Å²) in [5.74, 6) is 0.331. The first-order valence-corrected chi connectivity index (χ1v) is 6.28. The molecule has 1 aliphatic rings. The molecule has 0 saturated heterocycles. The van der Waals surface area contributed by atoms with E-state index in [4.69, 9.17) is 9.88 Å². The van der Waals surface area contributed by atoms with E-state index in [0.717, 1.165) is 12.8 Å². The van der Waals surface area contributed by atoms with Gasteiger partial charge in [-0.1, -0.05) is 12.8 Å². The van der Waals surface area contributed by atoms with Gasteiger partial charge in [-0.15, -0.1) is 0 Å². The quantitative estimate of drug-likeness (QED) is 0.729. The van der Waals surface area contributed by atoms with Crippen LogP contribution in [0.15, 0.2) is 0 Å². The van der Waals surface area contributed by atoms with Crippen LogP contribution in [0.2, 0.25) is 0 Å². The van der Waals surface area contributed by atoms with Crippen LogP contribution in [-0.4, -0.2) is 27.4 Å². The number of primary sulfonamides is 1. The average molecular weight is 207 g/mol. The first kappa shape index (κ1) is 10.9. The first-order chi connectivity index (χ1) is 6.03. The normalized spacial score (nSPS) is 22.0. The predicted octanol–water partition coefficient (Wildman–Crippen LogP) is 0.480. The molecule has 1 fully saturated rings. The number of hydrogen-bond acceptors (Lipinski definition) is 3. The van der Waals surface area contributed by atoms with Crippen molar-refractivity contribution in [1.29, 1.82) is 0 Å². The lowest BCUT2D eigenvalue weighted by molar-refractivity contribution is 0.0718. The number of nitrogens with two attached hydrogens (primary N) is 1. The van der Waals surface area contributed by atoms with E-state index < -0.39 is 10.0 Å². The van der Waals surface area contributed by atoms with Crippen LogP contribution in [0.1, 0.15) is 25.7 Å². The van der Waals surface area contributed by atoms with Gasteiger partial charge in [0.2, 0.25) is 10.0 Å². The lowest BCUT2D eigenvalue weighted by Gasteiger charge is -2.20. The van der Waals surface area contributed by atoms with E-state index in [1.165, 1.54) is 12.8 Å². The Bertz CT molecular complexity index is 244. The molecular formula is C8H17NO3S. The van der Waals surface area contributed by atoms with Crippen molar-refractivity contribution in [2.45, 2.75) is 31.8 Å². The Hall–Kier alpha value is -0.130. The lowest BCUT2D eigenvalue weighted by Crippen LogP contribution is -2.32. The second-order valence-electron chi connectivity index (χ2n) is 3.65. The van der Waals surface area contributed by atoms with Gasteiger partial charge < -0.3 is 4.74 Å². The number of rotatable bonds is 4. The van der Waals surface area contributed by atoms with E-state index in [-0.39, 0.29) is 11.9 Å². The van der Waals surface area contributed by atoms with Gasteiger partial charge in [0.1, 0.15) is 0 Å². The van der Waals surface area contributed by atoms with Crippen molar-refractivity contribution in [1.82, 2.24) is 0 Å². The molecular weight excluding hydrogens is 190 g/mol. The molecule has 1 aliphatic carbocycles. The third-order valence-electron chi connectivity index (χ3n) is 2.62. The van der Waals surface area contributed by atoms with E-state index in [1.54, 1.807) is 7.11 Å². The Morgan fingerprint density at radius 3 is 2.38 bits per heavy atom. The molecule has 0 aromatic heterocycles. The molecule has 13 heavy (non-hydrogen) atoms. The summed E-state index contributed by atoms with van der Waals surface area (Å²) in [7, 11) is -1.85. The molecule has 0 amide bonds. The van der Waals surface area contributed by atoms with Gasteiger partial charge in [-0.05, 0) is 18.8 Å². The zero-order valence-electron chi connectivity index (χ0n) is 7.90. The van der Waals surface area contributed by atoms with Gasteiger partial charge in [0.25, 0.3) is 0 Å². The fraction of sp³-hybridized carbons (Fsp3) is 1.00. The molecule has 0 spiro atoms. The minimum atomic E-state index is -3.40. The summed E-state index contributed by atoms with van der Waals surface area (Å²) in [4.78, 5) is 0. The van der Waals surface area contributed by atoms with Gasteiger partial charge in [-0.2, -0.15) is 0 Å². The summed E-state index contributed by atoms with van der Waals surface area (Å²) in [5.41, 5.74) is 0. The summed E-state index contributed by atoms with van der Waals surface area (Å²) < 4.78 is 26.9. The monoisotopic (exact) mass is 207 g/mol. The van der Waals surface area contributed by atoms with E-state index in [1.807, 2.05) is 0 Å². The standard InChI is InChI=1S/C8H17NO3S/c1-12-8(6-13(9,10)11)7-4-2-3-5-7/h7-8H,2-6H2,1H3,(H2,9,10,11). The third kappa shape index (κ3) is 3.62. The lowest BCUT2D eigenvalue weighted by atomic mass is 10.0. The van der Waals surface area contributed by atoms with Crippen molar-refractivity contribution in [3.05, 3.63) is 0 Å². The Morgan fingerprint density at radius 1 is 1.46 bits per heavy atom. The first-order valence-electron chi connectivity index (χ1n) is 4.56. The van der Waals surface area contributed by atoms with Crippen molar-refractivity contribution in [2.75, 3.05) is 12.9 Å². The van der Waals surface area contributed by atoms with Crippen LogP contribution >= 0.6 is 0 Å². The van der Waals surface area contributed by atoms with E-state index in [9.17, 15) is 8.42 Å². The molecule has 1 unspecified atom stereocenters. The van der Waals surface area contributed by atoms with E-state index >= 15 is 0 Å². The minimum absolute atomic E-state index is 0.0475. The molecule has 0 aromatic rings. The highest BCUT2D eigenvalue weighted by molar-refractivity contribution is 7.89. The zero-order valence-corrected chi connectivity index (χ0v) is 8.72. The van der Waals surface area contributed by atoms with Crippen LogP contribution in [0, 0.1) is 5.92 Å². The molecule has 0 radical (unpaired) electrons. The Labute approximate surface area is 79.5 Å². The highest BCUT2D eigenvalue weighted by Crippen LogP contribution is 2.29. The van der Waals surface area contributed by atoms with Crippen LogP contribution in [0.25, 0.3) is 0 Å². The molecule has 0 bridgehead atoms. The van der Waals surface area contributed by atoms with Crippen molar-refractivity contribution in [3.63, 3.8) is 0 Å². The van der Waals surface area contributed by atoms with Crippen molar-refractivity contribution in [3.8, 4) is 0 Å². The van der Waals surface area contributed by atoms with Gasteiger partial charge in [0.15, 0.2) is 0 Å². The summed E-state index contributed by atoms with van der Waals surface area (Å²) in [6.07, 6.45) is 4.27. The summed E-state index contributed by atoms with van der Waals surface area (Å²) >= 11 is 0. The molecule has 1 rings (SSSR count). The molecule has 0 aromatic carbocycles. The Kier molecular flexibility index (Phi) is 3.70. The fourth-order valence-corrected chi connectivity index (χ4v) is 2.82. The summed E-state index contributed by atoms with van der Waals surface area (Å²) in [5, 5.41) is 4.97. The molecule has 78 valence electrons. The molecule has 0 heterocycles. The van der Waals surface area contributed by atoms with Crippen molar-refractivity contribution >= 4 is 10.0 Å². The Morgan fingerprint density at radius 2 is 2.00 bits per heavy atom. The van der Waals surface area contributed by atoms with Crippen LogP contribution in [0.4, 0.5) is 0 Å². The maximum atomic E-state index is 10.9. The summed E-state index contributed by atoms with van der Waals surface area (Å²) in [6, 6.07) is 0. The SMILES string of the molecule is COC(CS(N)(=O)=O)C1CCCC1. The number of hydrogen-bond donors (Lipinski definition) is 1. The summed E-state index contributed by atoms with van der Waals surface area (Å²) in [6.45, 7) is 0. The minimum Gasteiger partial charge on any atom is -0.380 e. The van der Waals surface area contributed by atoms with E-state index in [0.29, 0.717) is 5.92 Å². The molecule has 5 heteroatoms. The molecule has 2 N–H and O–H groups in total. The van der Waals surface area contributed by atoms with Gasteiger partial charge in [0.05, 0.1) is 11.9 Å². The molecule has 1 atom stereocenters. The topological polar surface area (TPSA) is 69.4 Å². The van der Waals surface area contributed by atoms with E-state index in [2.05, 4.69) is 0 Å². The number of sulfonamides is 1.